The molecule has 6 heteroatoms. The van der Waals surface area contributed by atoms with Gasteiger partial charge in [0.1, 0.15) is 5.52 Å². The molecule has 0 spiro atoms. The molecule has 3 aliphatic rings. The van der Waals surface area contributed by atoms with Crippen molar-refractivity contribution < 1.29 is 9.21 Å². The van der Waals surface area contributed by atoms with Crippen LogP contribution in [-0.2, 0) is 0 Å². The Morgan fingerprint density at radius 1 is 1.38 bits per heavy atom. The summed E-state index contributed by atoms with van der Waals surface area (Å²) >= 11 is 0. The number of nitrogen functional groups attached to an aromatic ring is 1. The zero-order valence-electron chi connectivity index (χ0n) is 11.7. The molecule has 3 aliphatic heterocycles. The third kappa shape index (κ3) is 2.15. The SMILES string of the molecule is Nc1nc2c(C(=O)NC3CC4CCN3CC4)cccc2o1. The van der Waals surface area contributed by atoms with Gasteiger partial charge in [-0.15, -0.1) is 0 Å². The van der Waals surface area contributed by atoms with E-state index in [1.54, 1.807) is 18.2 Å². The van der Waals surface area contributed by atoms with Crippen molar-refractivity contribution in [3.63, 3.8) is 0 Å². The quantitative estimate of drug-likeness (QED) is 0.875. The Kier molecular flexibility index (Phi) is 2.85. The molecule has 3 fully saturated rings. The Labute approximate surface area is 122 Å². The average Bonchev–Trinajstić information content (AvgIpc) is 2.88. The molecule has 1 amide bonds. The maximum atomic E-state index is 12.6. The zero-order chi connectivity index (χ0) is 14.4. The van der Waals surface area contributed by atoms with Gasteiger partial charge in [0.15, 0.2) is 5.58 Å². The van der Waals surface area contributed by atoms with Crippen LogP contribution >= 0.6 is 0 Å². The molecule has 2 bridgehead atoms. The van der Waals surface area contributed by atoms with Gasteiger partial charge in [0.05, 0.1) is 11.7 Å². The number of carbonyl (C=O) groups is 1. The molecule has 1 aromatic heterocycles. The van der Waals surface area contributed by atoms with E-state index in [0.29, 0.717) is 16.7 Å². The maximum absolute atomic E-state index is 12.6. The molecule has 1 aromatic carbocycles. The molecule has 5 rings (SSSR count). The molecule has 2 aromatic rings. The van der Waals surface area contributed by atoms with Crippen LogP contribution in [0.1, 0.15) is 29.6 Å². The number of aromatic nitrogens is 1. The summed E-state index contributed by atoms with van der Waals surface area (Å²) in [5.74, 6) is 0.644. The van der Waals surface area contributed by atoms with Gasteiger partial charge in [0, 0.05) is 13.1 Å². The number of rotatable bonds is 2. The number of hydrogen-bond donors (Lipinski definition) is 2. The molecular weight excluding hydrogens is 268 g/mol. The highest BCUT2D eigenvalue weighted by Gasteiger charge is 2.34. The van der Waals surface area contributed by atoms with E-state index in [2.05, 4.69) is 15.2 Å². The summed E-state index contributed by atoms with van der Waals surface area (Å²) in [6, 6.07) is 5.40. The second-order valence-electron chi connectivity index (χ2n) is 5.91. The van der Waals surface area contributed by atoms with E-state index in [0.717, 1.165) is 25.4 Å². The molecule has 1 unspecified atom stereocenters. The van der Waals surface area contributed by atoms with E-state index in [9.17, 15) is 4.79 Å². The molecular formula is C15H18N4O2. The van der Waals surface area contributed by atoms with Crippen molar-refractivity contribution >= 4 is 23.0 Å². The first-order valence-corrected chi connectivity index (χ1v) is 7.40. The van der Waals surface area contributed by atoms with Gasteiger partial charge in [-0.1, -0.05) is 6.07 Å². The Bertz CT molecular complexity index is 688. The van der Waals surface area contributed by atoms with Crippen molar-refractivity contribution in [3.8, 4) is 0 Å². The standard InChI is InChI=1S/C15H18N4O2/c16-15-18-13-10(2-1-3-11(13)21-15)14(20)17-12-8-9-4-6-19(12)7-5-9/h1-3,9,12H,4-8H2,(H2,16,18)(H,17,20). The second kappa shape index (κ2) is 4.73. The van der Waals surface area contributed by atoms with Crippen LogP contribution in [-0.4, -0.2) is 35.0 Å². The zero-order valence-corrected chi connectivity index (χ0v) is 11.7. The summed E-state index contributed by atoms with van der Waals surface area (Å²) in [7, 11) is 0. The fraction of sp³-hybridized carbons (Fsp3) is 0.467. The van der Waals surface area contributed by atoms with Gasteiger partial charge in [-0.2, -0.15) is 4.98 Å². The number of oxazole rings is 1. The van der Waals surface area contributed by atoms with Gasteiger partial charge < -0.3 is 15.5 Å². The van der Waals surface area contributed by atoms with Crippen molar-refractivity contribution in [2.75, 3.05) is 18.8 Å². The van der Waals surface area contributed by atoms with Crippen LogP contribution in [0, 0.1) is 5.92 Å². The highest BCUT2D eigenvalue weighted by molar-refractivity contribution is 6.04. The van der Waals surface area contributed by atoms with E-state index in [-0.39, 0.29) is 18.1 Å². The minimum atomic E-state index is -0.105. The topological polar surface area (TPSA) is 84.4 Å². The third-order valence-corrected chi connectivity index (χ3v) is 4.62. The van der Waals surface area contributed by atoms with Crippen LogP contribution in [0.2, 0.25) is 0 Å². The second-order valence-corrected chi connectivity index (χ2v) is 5.91. The minimum Gasteiger partial charge on any atom is -0.424 e. The summed E-state index contributed by atoms with van der Waals surface area (Å²) < 4.78 is 5.27. The van der Waals surface area contributed by atoms with Gasteiger partial charge in [0.2, 0.25) is 0 Å². The summed E-state index contributed by atoms with van der Waals surface area (Å²) in [6.45, 7) is 2.16. The number of para-hydroxylation sites is 1. The summed E-state index contributed by atoms with van der Waals surface area (Å²) in [5, 5.41) is 3.13. The van der Waals surface area contributed by atoms with Crippen molar-refractivity contribution in [2.24, 2.45) is 5.92 Å². The predicted molar refractivity (Wildman–Crippen MR) is 78.6 cm³/mol. The molecule has 3 saturated heterocycles. The third-order valence-electron chi connectivity index (χ3n) is 4.62. The van der Waals surface area contributed by atoms with Crippen LogP contribution in [0.5, 0.6) is 0 Å². The number of nitrogens with one attached hydrogen (secondary N) is 1. The lowest BCUT2D eigenvalue weighted by Gasteiger charge is -2.45. The number of anilines is 1. The number of nitrogens with zero attached hydrogens (tertiary/aromatic N) is 2. The molecule has 0 aliphatic carbocycles. The first-order valence-electron chi connectivity index (χ1n) is 7.40. The Morgan fingerprint density at radius 2 is 2.19 bits per heavy atom. The van der Waals surface area contributed by atoms with Crippen molar-refractivity contribution in [3.05, 3.63) is 23.8 Å². The van der Waals surface area contributed by atoms with Crippen LogP contribution in [0.15, 0.2) is 22.6 Å². The largest absolute Gasteiger partial charge is 0.424 e. The number of benzene rings is 1. The Morgan fingerprint density at radius 3 is 2.90 bits per heavy atom. The number of fused-ring (bicyclic) bond motifs is 4. The maximum Gasteiger partial charge on any atom is 0.293 e. The fourth-order valence-electron chi connectivity index (χ4n) is 3.49. The lowest BCUT2D eigenvalue weighted by molar-refractivity contribution is 0.0295. The van der Waals surface area contributed by atoms with Crippen LogP contribution in [0.3, 0.4) is 0 Å². The smallest absolute Gasteiger partial charge is 0.293 e. The number of hydrogen-bond acceptors (Lipinski definition) is 5. The summed E-state index contributed by atoms with van der Waals surface area (Å²) in [5.41, 5.74) is 7.18. The van der Waals surface area contributed by atoms with Crippen molar-refractivity contribution in [1.82, 2.24) is 15.2 Å². The van der Waals surface area contributed by atoms with E-state index in [1.807, 2.05) is 0 Å². The van der Waals surface area contributed by atoms with Crippen molar-refractivity contribution in [2.45, 2.75) is 25.4 Å². The van der Waals surface area contributed by atoms with Gasteiger partial charge in [-0.25, -0.2) is 0 Å². The first kappa shape index (κ1) is 12.6. The number of nitrogens with two attached hydrogens (primary N) is 1. The first-order chi connectivity index (χ1) is 10.2. The highest BCUT2D eigenvalue weighted by Crippen LogP contribution is 2.31. The average molecular weight is 286 g/mol. The molecule has 3 N–H and O–H groups in total. The molecule has 6 nitrogen and oxygen atoms in total. The molecule has 110 valence electrons. The Balaban J connectivity index is 1.59. The number of carbonyl (C=O) groups excluding carboxylic acids is 1. The summed E-state index contributed by atoms with van der Waals surface area (Å²) in [6.07, 6.45) is 3.69. The van der Waals surface area contributed by atoms with Gasteiger partial charge >= 0.3 is 0 Å². The number of amides is 1. The Hall–Kier alpha value is -2.08. The lowest BCUT2D eigenvalue weighted by Crippen LogP contribution is -2.56. The molecule has 0 radical (unpaired) electrons. The lowest BCUT2D eigenvalue weighted by atomic mass is 9.86. The number of piperidine rings is 3. The highest BCUT2D eigenvalue weighted by atomic mass is 16.4. The van der Waals surface area contributed by atoms with E-state index in [1.165, 1.54) is 12.8 Å². The normalized spacial score (nSPS) is 27.9. The van der Waals surface area contributed by atoms with Gasteiger partial charge in [-0.05, 0) is 37.3 Å². The van der Waals surface area contributed by atoms with E-state index >= 15 is 0 Å². The van der Waals surface area contributed by atoms with E-state index < -0.39 is 0 Å². The monoisotopic (exact) mass is 286 g/mol. The van der Waals surface area contributed by atoms with Crippen LogP contribution in [0.25, 0.3) is 11.1 Å². The van der Waals surface area contributed by atoms with E-state index in [4.69, 9.17) is 10.2 Å². The van der Waals surface area contributed by atoms with Gasteiger partial charge in [-0.3, -0.25) is 9.69 Å². The predicted octanol–water partition coefficient (Wildman–Crippen LogP) is 1.58. The molecule has 1 atom stereocenters. The molecule has 4 heterocycles. The molecule has 21 heavy (non-hydrogen) atoms. The minimum absolute atomic E-state index is 0.0886. The molecule has 0 saturated carbocycles. The summed E-state index contributed by atoms with van der Waals surface area (Å²) in [4.78, 5) is 19.0. The van der Waals surface area contributed by atoms with Crippen LogP contribution in [0.4, 0.5) is 6.01 Å². The van der Waals surface area contributed by atoms with Gasteiger partial charge in [0.25, 0.3) is 11.9 Å². The van der Waals surface area contributed by atoms with Crippen molar-refractivity contribution in [1.29, 1.82) is 0 Å². The fourth-order valence-corrected chi connectivity index (χ4v) is 3.49. The van der Waals surface area contributed by atoms with Crippen LogP contribution < -0.4 is 11.1 Å².